The molecule has 3 heterocycles. The number of fused-ring (bicyclic) bond motifs is 3. The Kier molecular flexibility index (Phi) is 5.89. The lowest BCUT2D eigenvalue weighted by Gasteiger charge is -2.26. The zero-order valence-electron chi connectivity index (χ0n) is 19.3. The number of anilines is 1. The van der Waals surface area contributed by atoms with Crippen molar-refractivity contribution in [2.24, 2.45) is 0 Å². The van der Waals surface area contributed by atoms with Gasteiger partial charge in [0.2, 0.25) is 5.91 Å². The predicted molar refractivity (Wildman–Crippen MR) is 127 cm³/mol. The van der Waals surface area contributed by atoms with Crippen molar-refractivity contribution in [1.29, 1.82) is 0 Å². The number of amides is 1. The summed E-state index contributed by atoms with van der Waals surface area (Å²) in [5.41, 5.74) is 4.41. The van der Waals surface area contributed by atoms with Crippen LogP contribution in [-0.2, 0) is 24.4 Å². The van der Waals surface area contributed by atoms with Crippen LogP contribution in [0.3, 0.4) is 0 Å². The number of carbonyl (C=O) groups excluding carboxylic acids is 1. The summed E-state index contributed by atoms with van der Waals surface area (Å²) in [5.74, 6) is 1.58. The summed E-state index contributed by atoms with van der Waals surface area (Å²) in [6.45, 7) is 4.54. The molecular formula is C26H26F2N4O2. The van der Waals surface area contributed by atoms with Crippen molar-refractivity contribution < 1.29 is 18.3 Å². The molecule has 0 atom stereocenters. The highest BCUT2D eigenvalue weighted by Gasteiger charge is 2.26. The minimum Gasteiger partial charge on any atom is -0.492 e. The average Bonchev–Trinajstić information content (AvgIpc) is 3.33. The van der Waals surface area contributed by atoms with E-state index in [1.54, 1.807) is 19.1 Å². The van der Waals surface area contributed by atoms with E-state index in [0.29, 0.717) is 36.9 Å². The summed E-state index contributed by atoms with van der Waals surface area (Å²) < 4.78 is 33.7. The average molecular weight is 465 g/mol. The second kappa shape index (κ2) is 9.00. The van der Waals surface area contributed by atoms with E-state index >= 15 is 0 Å². The van der Waals surface area contributed by atoms with E-state index in [1.807, 2.05) is 17.9 Å². The van der Waals surface area contributed by atoms with Crippen molar-refractivity contribution in [2.45, 2.75) is 39.9 Å². The predicted octanol–water partition coefficient (Wildman–Crippen LogP) is 4.73. The van der Waals surface area contributed by atoms with Crippen LogP contribution in [0.15, 0.2) is 30.3 Å². The molecule has 34 heavy (non-hydrogen) atoms. The van der Waals surface area contributed by atoms with Gasteiger partial charge in [-0.05, 0) is 25.0 Å². The van der Waals surface area contributed by atoms with E-state index in [-0.39, 0.29) is 18.0 Å². The van der Waals surface area contributed by atoms with Gasteiger partial charge in [0.1, 0.15) is 29.9 Å². The molecule has 0 saturated heterocycles. The molecule has 1 amide bonds. The number of nitrogens with one attached hydrogen (secondary N) is 1. The first-order valence-corrected chi connectivity index (χ1v) is 11.4. The van der Waals surface area contributed by atoms with Crippen LogP contribution in [0.1, 0.15) is 41.4 Å². The molecule has 2 aliphatic rings. The molecule has 1 N–H and O–H groups in total. The number of aromatic nitrogens is 2. The van der Waals surface area contributed by atoms with Crippen molar-refractivity contribution in [1.82, 2.24) is 14.9 Å². The Morgan fingerprint density at radius 1 is 1.24 bits per heavy atom. The van der Waals surface area contributed by atoms with Crippen LogP contribution in [0.4, 0.5) is 14.6 Å². The number of halogens is 2. The third kappa shape index (κ3) is 3.97. The number of ether oxygens (including phenoxy) is 1. The van der Waals surface area contributed by atoms with Crippen LogP contribution >= 0.6 is 0 Å². The maximum atomic E-state index is 14.6. The van der Waals surface area contributed by atoms with Gasteiger partial charge in [-0.3, -0.25) is 4.79 Å². The van der Waals surface area contributed by atoms with Crippen LogP contribution in [0.5, 0.6) is 5.75 Å². The summed E-state index contributed by atoms with van der Waals surface area (Å²) in [5, 5.41) is 4.09. The molecule has 1 aromatic heterocycles. The van der Waals surface area contributed by atoms with E-state index < -0.39 is 12.5 Å². The minimum absolute atomic E-state index is 0.0455. The Labute approximate surface area is 196 Å². The second-order valence-electron chi connectivity index (χ2n) is 8.67. The van der Waals surface area contributed by atoms with Gasteiger partial charge < -0.3 is 15.0 Å². The number of hydrogen-bond acceptors (Lipinski definition) is 5. The van der Waals surface area contributed by atoms with Crippen molar-refractivity contribution in [3.63, 3.8) is 0 Å². The van der Waals surface area contributed by atoms with Gasteiger partial charge in [-0.15, -0.1) is 0 Å². The summed E-state index contributed by atoms with van der Waals surface area (Å²) >= 11 is 0. The number of hydrogen-bond donors (Lipinski definition) is 1. The quantitative estimate of drug-likeness (QED) is 0.591. The number of carbonyl (C=O) groups is 1. The minimum atomic E-state index is -0.846. The molecule has 176 valence electrons. The fraction of sp³-hybridized carbons (Fsp3) is 0.346. The lowest BCUT2D eigenvalue weighted by Crippen LogP contribution is -2.32. The van der Waals surface area contributed by atoms with Gasteiger partial charge >= 0.3 is 0 Å². The van der Waals surface area contributed by atoms with Gasteiger partial charge in [0.15, 0.2) is 0 Å². The normalized spacial score (nSPS) is 15.2. The first-order valence-electron chi connectivity index (χ1n) is 11.4. The highest BCUT2D eigenvalue weighted by molar-refractivity contribution is 5.97. The van der Waals surface area contributed by atoms with Gasteiger partial charge in [-0.1, -0.05) is 24.3 Å². The Morgan fingerprint density at radius 3 is 2.79 bits per heavy atom. The largest absolute Gasteiger partial charge is 0.492 e. The number of nitrogens with zero attached hydrogens (tertiary/aromatic N) is 3. The third-order valence-corrected chi connectivity index (χ3v) is 6.50. The van der Waals surface area contributed by atoms with Crippen LogP contribution in [0, 0.1) is 12.7 Å². The summed E-state index contributed by atoms with van der Waals surface area (Å²) in [7, 11) is 0. The highest BCUT2D eigenvalue weighted by atomic mass is 19.1. The number of aryl methyl sites for hydroxylation is 1. The van der Waals surface area contributed by atoms with Crippen LogP contribution in [0.2, 0.25) is 0 Å². The van der Waals surface area contributed by atoms with Crippen molar-refractivity contribution in [3.8, 4) is 5.75 Å². The molecule has 6 nitrogen and oxygen atoms in total. The Morgan fingerprint density at radius 2 is 2.06 bits per heavy atom. The molecule has 0 aliphatic carbocycles. The number of alkyl halides is 1. The fourth-order valence-electron chi connectivity index (χ4n) is 4.70. The first-order chi connectivity index (χ1) is 16.5. The molecule has 0 spiro atoms. The SMILES string of the molecule is CC(=O)N1CC=C(c2cc3c(NCc4cccc(CF)c4F)nc(C)nc3c3c2OCC3)CC1. The lowest BCUT2D eigenvalue weighted by atomic mass is 9.94. The Bertz CT molecular complexity index is 1320. The number of benzene rings is 2. The highest BCUT2D eigenvalue weighted by Crippen LogP contribution is 2.42. The first kappa shape index (κ1) is 22.3. The van der Waals surface area contributed by atoms with Gasteiger partial charge in [-0.25, -0.2) is 18.7 Å². The van der Waals surface area contributed by atoms with E-state index in [1.165, 1.54) is 6.07 Å². The molecule has 3 aromatic rings. The zero-order valence-corrected chi connectivity index (χ0v) is 19.3. The summed E-state index contributed by atoms with van der Waals surface area (Å²) in [4.78, 5) is 22.9. The van der Waals surface area contributed by atoms with Crippen LogP contribution < -0.4 is 10.1 Å². The topological polar surface area (TPSA) is 67.4 Å². The third-order valence-electron chi connectivity index (χ3n) is 6.50. The molecular weight excluding hydrogens is 438 g/mol. The Hall–Kier alpha value is -3.55. The zero-order chi connectivity index (χ0) is 23.8. The van der Waals surface area contributed by atoms with Crippen LogP contribution in [-0.4, -0.2) is 40.5 Å². The second-order valence-corrected chi connectivity index (χ2v) is 8.67. The van der Waals surface area contributed by atoms with E-state index in [4.69, 9.17) is 9.72 Å². The number of rotatable bonds is 5. The van der Waals surface area contributed by atoms with Crippen LogP contribution in [0.25, 0.3) is 16.5 Å². The summed E-state index contributed by atoms with van der Waals surface area (Å²) in [6.07, 6.45) is 3.56. The van der Waals surface area contributed by atoms with Crippen molar-refractivity contribution >= 4 is 28.2 Å². The molecule has 0 saturated carbocycles. The molecule has 2 aliphatic heterocycles. The Balaban J connectivity index is 1.56. The molecule has 8 heteroatoms. The van der Waals surface area contributed by atoms with Gasteiger partial charge in [0, 0.05) is 60.6 Å². The summed E-state index contributed by atoms with van der Waals surface area (Å²) in [6, 6.07) is 6.78. The molecule has 0 fully saturated rings. The molecule has 0 radical (unpaired) electrons. The molecule has 5 rings (SSSR count). The van der Waals surface area contributed by atoms with Gasteiger partial charge in [0.05, 0.1) is 12.1 Å². The standard InChI is InChI=1S/C26H26F2N4O2/c1-15-30-24-20-8-11-34-25(20)21(17-6-9-32(10-7-17)16(2)33)12-22(24)26(31-15)29-14-19-5-3-4-18(13-27)23(19)28/h3-6,12H,7-11,13-14H2,1-2H3,(H,29,30,31). The van der Waals surface area contributed by atoms with E-state index in [2.05, 4.69) is 16.4 Å². The maximum Gasteiger partial charge on any atom is 0.219 e. The van der Waals surface area contributed by atoms with Crippen molar-refractivity contribution in [2.75, 3.05) is 25.0 Å². The molecule has 2 aromatic carbocycles. The molecule has 0 unspecified atom stereocenters. The maximum absolute atomic E-state index is 14.6. The van der Waals surface area contributed by atoms with Crippen molar-refractivity contribution in [3.05, 3.63) is 64.2 Å². The molecule has 0 bridgehead atoms. The fourth-order valence-corrected chi connectivity index (χ4v) is 4.70. The van der Waals surface area contributed by atoms with E-state index in [9.17, 15) is 13.6 Å². The lowest BCUT2D eigenvalue weighted by molar-refractivity contribution is -0.128. The van der Waals surface area contributed by atoms with Gasteiger partial charge in [0.25, 0.3) is 0 Å². The van der Waals surface area contributed by atoms with Gasteiger partial charge in [-0.2, -0.15) is 0 Å². The monoisotopic (exact) mass is 464 g/mol. The van der Waals surface area contributed by atoms with E-state index in [0.717, 1.165) is 46.2 Å². The smallest absolute Gasteiger partial charge is 0.219 e.